The minimum Gasteiger partial charge on any atom is -0.360 e. The van der Waals surface area contributed by atoms with Crippen molar-refractivity contribution >= 4 is 17.3 Å². The predicted octanol–water partition coefficient (Wildman–Crippen LogP) is 2.19. The van der Waals surface area contributed by atoms with Gasteiger partial charge in [0.15, 0.2) is 5.11 Å². The van der Waals surface area contributed by atoms with E-state index in [0.717, 1.165) is 11.0 Å². The lowest BCUT2D eigenvalue weighted by Gasteiger charge is -2.24. The molecule has 0 aliphatic heterocycles. The molecule has 2 fully saturated rings. The highest BCUT2D eigenvalue weighted by Crippen LogP contribution is 2.28. The van der Waals surface area contributed by atoms with Gasteiger partial charge in [-0.05, 0) is 37.4 Å². The van der Waals surface area contributed by atoms with Crippen LogP contribution >= 0.6 is 12.2 Å². The van der Waals surface area contributed by atoms with Crippen molar-refractivity contribution in [1.82, 2.24) is 10.6 Å². The maximum absolute atomic E-state index is 5.28. The first-order valence-electron chi connectivity index (χ1n) is 5.83. The number of hydrogen-bond acceptors (Lipinski definition) is 1. The number of hydrogen-bond donors (Lipinski definition) is 2. The van der Waals surface area contributed by atoms with Crippen LogP contribution in [-0.2, 0) is 0 Å². The summed E-state index contributed by atoms with van der Waals surface area (Å²) in [6.45, 7) is 2.26. The van der Waals surface area contributed by atoms with Crippen LogP contribution in [0, 0.1) is 5.92 Å². The Labute approximate surface area is 91.8 Å². The van der Waals surface area contributed by atoms with Crippen molar-refractivity contribution < 1.29 is 0 Å². The van der Waals surface area contributed by atoms with Gasteiger partial charge in [0.1, 0.15) is 0 Å². The molecule has 0 bridgehead atoms. The standard InChI is InChI=1S/C11H20N2S/c1-8-7-10(8)13-11(14)12-9-5-3-2-4-6-9/h8-10H,2-7H2,1H3,(H2,12,13,14). The summed E-state index contributed by atoms with van der Waals surface area (Å²) in [6.07, 6.45) is 7.99. The lowest BCUT2D eigenvalue weighted by Crippen LogP contribution is -2.43. The van der Waals surface area contributed by atoms with Gasteiger partial charge in [-0.1, -0.05) is 26.2 Å². The lowest BCUT2D eigenvalue weighted by atomic mass is 9.96. The van der Waals surface area contributed by atoms with E-state index in [1.807, 2.05) is 0 Å². The average molecular weight is 212 g/mol. The normalized spacial score (nSPS) is 32.4. The van der Waals surface area contributed by atoms with Crippen LogP contribution in [0.5, 0.6) is 0 Å². The Balaban J connectivity index is 1.65. The lowest BCUT2D eigenvalue weighted by molar-refractivity contribution is 0.412. The summed E-state index contributed by atoms with van der Waals surface area (Å²) in [5, 5.41) is 7.68. The molecule has 14 heavy (non-hydrogen) atoms. The Morgan fingerprint density at radius 1 is 1.14 bits per heavy atom. The molecule has 0 aromatic heterocycles. The molecule has 0 heterocycles. The van der Waals surface area contributed by atoms with Crippen molar-refractivity contribution in [3.8, 4) is 0 Å². The van der Waals surface area contributed by atoms with Gasteiger partial charge < -0.3 is 10.6 Å². The van der Waals surface area contributed by atoms with Crippen molar-refractivity contribution in [3.05, 3.63) is 0 Å². The third-order valence-corrected chi connectivity index (χ3v) is 3.60. The van der Waals surface area contributed by atoms with E-state index in [0.29, 0.717) is 12.1 Å². The largest absolute Gasteiger partial charge is 0.360 e. The summed E-state index contributed by atoms with van der Waals surface area (Å²) in [4.78, 5) is 0. The second kappa shape index (κ2) is 4.47. The highest BCUT2D eigenvalue weighted by Gasteiger charge is 2.33. The van der Waals surface area contributed by atoms with Crippen LogP contribution in [0.4, 0.5) is 0 Å². The van der Waals surface area contributed by atoms with E-state index in [-0.39, 0.29) is 0 Å². The molecule has 0 saturated heterocycles. The van der Waals surface area contributed by atoms with E-state index in [9.17, 15) is 0 Å². The third-order valence-electron chi connectivity index (χ3n) is 3.37. The van der Waals surface area contributed by atoms with E-state index < -0.39 is 0 Å². The number of thiocarbonyl (C=S) groups is 1. The van der Waals surface area contributed by atoms with Gasteiger partial charge in [0.25, 0.3) is 0 Å². The monoisotopic (exact) mass is 212 g/mol. The quantitative estimate of drug-likeness (QED) is 0.686. The molecule has 80 valence electrons. The Bertz CT molecular complexity index is 211. The second-order valence-corrected chi connectivity index (χ2v) is 5.18. The fraction of sp³-hybridized carbons (Fsp3) is 0.909. The SMILES string of the molecule is CC1CC1NC(=S)NC1CCCCC1. The summed E-state index contributed by atoms with van der Waals surface area (Å²) < 4.78 is 0. The van der Waals surface area contributed by atoms with Gasteiger partial charge in [-0.25, -0.2) is 0 Å². The molecule has 0 spiro atoms. The Morgan fingerprint density at radius 3 is 2.36 bits per heavy atom. The van der Waals surface area contributed by atoms with Crippen LogP contribution in [0.2, 0.25) is 0 Å². The summed E-state index contributed by atoms with van der Waals surface area (Å²) in [5.74, 6) is 0.820. The van der Waals surface area contributed by atoms with Crippen molar-refractivity contribution in [2.45, 2.75) is 57.5 Å². The summed E-state index contributed by atoms with van der Waals surface area (Å²) in [5.41, 5.74) is 0. The molecular weight excluding hydrogens is 192 g/mol. The molecule has 2 rings (SSSR count). The zero-order valence-electron chi connectivity index (χ0n) is 8.88. The Hall–Kier alpha value is -0.310. The minimum atomic E-state index is 0.637. The minimum absolute atomic E-state index is 0.637. The molecule has 2 aliphatic rings. The van der Waals surface area contributed by atoms with Gasteiger partial charge in [-0.2, -0.15) is 0 Å². The average Bonchev–Trinajstić information content (AvgIpc) is 2.83. The third kappa shape index (κ3) is 2.84. The van der Waals surface area contributed by atoms with Gasteiger partial charge >= 0.3 is 0 Å². The first-order chi connectivity index (χ1) is 6.75. The molecule has 0 aromatic carbocycles. The molecular formula is C11H20N2S. The highest BCUT2D eigenvalue weighted by atomic mass is 32.1. The van der Waals surface area contributed by atoms with Crippen LogP contribution in [-0.4, -0.2) is 17.2 Å². The van der Waals surface area contributed by atoms with Gasteiger partial charge in [0.05, 0.1) is 0 Å². The Morgan fingerprint density at radius 2 is 1.79 bits per heavy atom. The van der Waals surface area contributed by atoms with Crippen LogP contribution in [0.3, 0.4) is 0 Å². The molecule has 3 heteroatoms. The van der Waals surface area contributed by atoms with Crippen molar-refractivity contribution in [3.63, 3.8) is 0 Å². The smallest absolute Gasteiger partial charge is 0.166 e. The van der Waals surface area contributed by atoms with Gasteiger partial charge in [0.2, 0.25) is 0 Å². The number of nitrogens with one attached hydrogen (secondary N) is 2. The highest BCUT2D eigenvalue weighted by molar-refractivity contribution is 7.80. The maximum Gasteiger partial charge on any atom is 0.166 e. The van der Waals surface area contributed by atoms with Crippen LogP contribution in [0.15, 0.2) is 0 Å². The van der Waals surface area contributed by atoms with E-state index in [1.54, 1.807) is 0 Å². The molecule has 2 unspecified atom stereocenters. The van der Waals surface area contributed by atoms with Crippen molar-refractivity contribution in [2.24, 2.45) is 5.92 Å². The summed E-state index contributed by atoms with van der Waals surface area (Å²) in [6, 6.07) is 1.29. The summed E-state index contributed by atoms with van der Waals surface area (Å²) >= 11 is 5.28. The fourth-order valence-electron chi connectivity index (χ4n) is 2.17. The zero-order chi connectivity index (χ0) is 9.97. The molecule has 2 nitrogen and oxygen atoms in total. The van der Waals surface area contributed by atoms with E-state index in [2.05, 4.69) is 17.6 Å². The molecule has 2 N–H and O–H groups in total. The molecule has 2 aliphatic carbocycles. The molecule has 2 atom stereocenters. The fourth-order valence-corrected chi connectivity index (χ4v) is 2.48. The van der Waals surface area contributed by atoms with Gasteiger partial charge in [-0.15, -0.1) is 0 Å². The molecule has 2 saturated carbocycles. The molecule has 0 aromatic rings. The number of rotatable bonds is 2. The van der Waals surface area contributed by atoms with Crippen molar-refractivity contribution in [1.29, 1.82) is 0 Å². The first-order valence-corrected chi connectivity index (χ1v) is 6.23. The molecule has 0 amide bonds. The van der Waals surface area contributed by atoms with Crippen molar-refractivity contribution in [2.75, 3.05) is 0 Å². The van der Waals surface area contributed by atoms with Gasteiger partial charge in [0, 0.05) is 12.1 Å². The predicted molar refractivity (Wildman–Crippen MR) is 63.3 cm³/mol. The van der Waals surface area contributed by atoms with E-state index in [1.165, 1.54) is 38.5 Å². The topological polar surface area (TPSA) is 24.1 Å². The second-order valence-electron chi connectivity index (χ2n) is 4.77. The maximum atomic E-state index is 5.28. The first kappa shape index (κ1) is 10.2. The van der Waals surface area contributed by atoms with E-state index in [4.69, 9.17) is 12.2 Å². The van der Waals surface area contributed by atoms with Crippen LogP contribution in [0.25, 0.3) is 0 Å². The zero-order valence-corrected chi connectivity index (χ0v) is 9.70. The Kier molecular flexibility index (Phi) is 3.26. The molecule has 0 radical (unpaired) electrons. The van der Waals surface area contributed by atoms with E-state index >= 15 is 0 Å². The summed E-state index contributed by atoms with van der Waals surface area (Å²) in [7, 11) is 0. The van der Waals surface area contributed by atoms with Gasteiger partial charge in [-0.3, -0.25) is 0 Å². The van der Waals surface area contributed by atoms with Crippen LogP contribution < -0.4 is 10.6 Å². The van der Waals surface area contributed by atoms with Crippen LogP contribution in [0.1, 0.15) is 45.4 Å².